The highest BCUT2D eigenvalue weighted by molar-refractivity contribution is 5.57. The van der Waals surface area contributed by atoms with E-state index in [0.29, 0.717) is 11.9 Å². The van der Waals surface area contributed by atoms with Gasteiger partial charge in [0.15, 0.2) is 0 Å². The van der Waals surface area contributed by atoms with E-state index >= 15 is 0 Å². The van der Waals surface area contributed by atoms with E-state index in [2.05, 4.69) is 27.6 Å². The molecule has 1 atom stereocenters. The summed E-state index contributed by atoms with van der Waals surface area (Å²) in [5.41, 5.74) is 3.63. The number of nitrogens with one attached hydrogen (secondary N) is 2. The van der Waals surface area contributed by atoms with Gasteiger partial charge in [0.2, 0.25) is 0 Å². The number of anilines is 2. The number of hydrazine groups is 1. The van der Waals surface area contributed by atoms with Crippen LogP contribution >= 0.6 is 0 Å². The molecule has 100 valence electrons. The minimum Gasteiger partial charge on any atom is -0.367 e. The van der Waals surface area contributed by atoms with E-state index in [4.69, 9.17) is 5.84 Å². The van der Waals surface area contributed by atoms with Crippen molar-refractivity contribution >= 4 is 11.6 Å². The molecule has 0 aromatic carbocycles. The molecule has 2 rings (SSSR count). The highest BCUT2D eigenvalue weighted by atomic mass is 15.3. The van der Waals surface area contributed by atoms with Crippen LogP contribution in [0.2, 0.25) is 0 Å². The second kappa shape index (κ2) is 5.52. The van der Waals surface area contributed by atoms with Gasteiger partial charge in [-0.1, -0.05) is 19.8 Å². The summed E-state index contributed by atoms with van der Waals surface area (Å²) in [6.07, 6.45) is 4.78. The zero-order valence-corrected chi connectivity index (χ0v) is 11.5. The van der Waals surface area contributed by atoms with Gasteiger partial charge in [-0.3, -0.25) is 0 Å². The molecule has 0 bridgehead atoms. The molecule has 1 aliphatic rings. The second-order valence-corrected chi connectivity index (χ2v) is 5.18. The Morgan fingerprint density at radius 3 is 2.56 bits per heavy atom. The van der Waals surface area contributed by atoms with Crippen molar-refractivity contribution in [2.24, 2.45) is 11.8 Å². The van der Waals surface area contributed by atoms with Crippen molar-refractivity contribution in [2.45, 2.75) is 52.5 Å². The summed E-state index contributed by atoms with van der Waals surface area (Å²) in [7, 11) is 0. The highest BCUT2D eigenvalue weighted by Crippen LogP contribution is 2.34. The molecule has 0 radical (unpaired) electrons. The Balaban J connectivity index is 2.13. The molecule has 1 saturated carbocycles. The first-order valence-electron chi connectivity index (χ1n) is 6.74. The van der Waals surface area contributed by atoms with Crippen LogP contribution in [0.15, 0.2) is 0 Å². The molecule has 0 aliphatic heterocycles. The van der Waals surface area contributed by atoms with Gasteiger partial charge in [0.1, 0.15) is 17.5 Å². The minimum atomic E-state index is 0.446. The molecule has 1 unspecified atom stereocenters. The third-order valence-corrected chi connectivity index (χ3v) is 3.41. The lowest BCUT2D eigenvalue weighted by atomic mass is 10.1. The molecule has 0 saturated heterocycles. The third-order valence-electron chi connectivity index (χ3n) is 3.41. The number of hydrogen-bond acceptors (Lipinski definition) is 5. The summed E-state index contributed by atoms with van der Waals surface area (Å²) in [5, 5.41) is 3.48. The van der Waals surface area contributed by atoms with Gasteiger partial charge in [-0.15, -0.1) is 0 Å². The second-order valence-electron chi connectivity index (χ2n) is 5.18. The van der Waals surface area contributed by atoms with Gasteiger partial charge in [-0.25, -0.2) is 15.8 Å². The van der Waals surface area contributed by atoms with Gasteiger partial charge in [0, 0.05) is 18.0 Å². The van der Waals surface area contributed by atoms with Crippen LogP contribution in [0.25, 0.3) is 0 Å². The lowest BCUT2D eigenvalue weighted by Gasteiger charge is -2.18. The number of hydrogen-bond donors (Lipinski definition) is 3. The van der Waals surface area contributed by atoms with Crippen molar-refractivity contribution in [3.8, 4) is 0 Å². The topological polar surface area (TPSA) is 75.9 Å². The van der Waals surface area contributed by atoms with Crippen LogP contribution in [0.3, 0.4) is 0 Å². The van der Waals surface area contributed by atoms with Crippen molar-refractivity contribution in [1.29, 1.82) is 0 Å². The van der Waals surface area contributed by atoms with Gasteiger partial charge < -0.3 is 10.7 Å². The maximum absolute atomic E-state index is 5.50. The number of nitrogens with two attached hydrogens (primary N) is 1. The monoisotopic (exact) mass is 249 g/mol. The smallest absolute Gasteiger partial charge is 0.148 e. The molecule has 0 amide bonds. The van der Waals surface area contributed by atoms with E-state index in [0.717, 1.165) is 29.5 Å². The Hall–Kier alpha value is -1.36. The number of aryl methyl sites for hydroxylation is 1. The average Bonchev–Trinajstić information content (AvgIpc) is 3.15. The lowest BCUT2D eigenvalue weighted by molar-refractivity contribution is 0.638. The van der Waals surface area contributed by atoms with Crippen LogP contribution in [0.4, 0.5) is 11.6 Å². The Morgan fingerprint density at radius 1 is 1.33 bits per heavy atom. The molecule has 1 heterocycles. The normalized spacial score (nSPS) is 16.4. The highest BCUT2D eigenvalue weighted by Gasteiger charge is 2.24. The quantitative estimate of drug-likeness (QED) is 0.532. The summed E-state index contributed by atoms with van der Waals surface area (Å²) < 4.78 is 0. The molecule has 5 nitrogen and oxygen atoms in total. The maximum Gasteiger partial charge on any atom is 0.148 e. The summed E-state index contributed by atoms with van der Waals surface area (Å²) in [4.78, 5) is 8.91. The zero-order chi connectivity index (χ0) is 13.1. The number of nitrogens with zero attached hydrogens (tertiary/aromatic N) is 2. The van der Waals surface area contributed by atoms with Crippen molar-refractivity contribution in [2.75, 3.05) is 10.7 Å². The molecular formula is C13H23N5. The van der Waals surface area contributed by atoms with E-state index in [1.165, 1.54) is 19.3 Å². The lowest BCUT2D eigenvalue weighted by Crippen LogP contribution is -2.20. The van der Waals surface area contributed by atoms with Gasteiger partial charge in [0.05, 0.1) is 0 Å². The molecule has 1 fully saturated rings. The molecule has 1 aromatic rings. The number of rotatable bonds is 6. The van der Waals surface area contributed by atoms with Gasteiger partial charge in [-0.05, 0) is 26.2 Å². The van der Waals surface area contributed by atoms with E-state index < -0.39 is 0 Å². The Morgan fingerprint density at radius 2 is 2.00 bits per heavy atom. The SMILES string of the molecule is CCc1nc(NN)c(C)c(NC(C)CC2CC2)n1. The van der Waals surface area contributed by atoms with E-state index in [1.807, 2.05) is 13.8 Å². The largest absolute Gasteiger partial charge is 0.367 e. The molecule has 1 aromatic heterocycles. The van der Waals surface area contributed by atoms with Crippen LogP contribution in [-0.4, -0.2) is 16.0 Å². The predicted octanol–water partition coefficient (Wildman–Crippen LogP) is 2.23. The molecule has 1 aliphatic carbocycles. The summed E-state index contributed by atoms with van der Waals surface area (Å²) in [6.45, 7) is 6.24. The van der Waals surface area contributed by atoms with Crippen LogP contribution in [0.1, 0.15) is 44.5 Å². The van der Waals surface area contributed by atoms with Gasteiger partial charge >= 0.3 is 0 Å². The minimum absolute atomic E-state index is 0.446. The van der Waals surface area contributed by atoms with Crippen molar-refractivity contribution in [3.63, 3.8) is 0 Å². The molecule has 18 heavy (non-hydrogen) atoms. The Bertz CT molecular complexity index is 414. The third kappa shape index (κ3) is 3.10. The summed E-state index contributed by atoms with van der Waals surface area (Å²) >= 11 is 0. The van der Waals surface area contributed by atoms with Crippen LogP contribution in [0, 0.1) is 12.8 Å². The first-order chi connectivity index (χ1) is 8.63. The molecule has 0 spiro atoms. The zero-order valence-electron chi connectivity index (χ0n) is 11.5. The molecular weight excluding hydrogens is 226 g/mol. The van der Waals surface area contributed by atoms with Gasteiger partial charge in [0.25, 0.3) is 0 Å². The van der Waals surface area contributed by atoms with E-state index in [1.54, 1.807) is 0 Å². The molecule has 5 heteroatoms. The first kappa shape index (κ1) is 13.1. The van der Waals surface area contributed by atoms with Crippen LogP contribution < -0.4 is 16.6 Å². The van der Waals surface area contributed by atoms with Crippen molar-refractivity contribution in [3.05, 3.63) is 11.4 Å². The fourth-order valence-corrected chi connectivity index (χ4v) is 2.15. The van der Waals surface area contributed by atoms with E-state index in [9.17, 15) is 0 Å². The Kier molecular flexibility index (Phi) is 4.01. The number of aromatic nitrogens is 2. The maximum atomic E-state index is 5.50. The fourth-order valence-electron chi connectivity index (χ4n) is 2.15. The molecule has 4 N–H and O–H groups in total. The first-order valence-corrected chi connectivity index (χ1v) is 6.74. The Labute approximate surface area is 109 Å². The van der Waals surface area contributed by atoms with E-state index in [-0.39, 0.29) is 0 Å². The van der Waals surface area contributed by atoms with Crippen LogP contribution in [-0.2, 0) is 6.42 Å². The number of nitrogen functional groups attached to an aromatic ring is 1. The predicted molar refractivity (Wildman–Crippen MR) is 74.4 cm³/mol. The van der Waals surface area contributed by atoms with Crippen LogP contribution in [0.5, 0.6) is 0 Å². The summed E-state index contributed by atoms with van der Waals surface area (Å²) in [6, 6.07) is 0.446. The standard InChI is InChI=1S/C13H23N5/c1-4-11-16-12(9(3)13(17-11)18-14)15-8(2)7-10-5-6-10/h8,10H,4-7,14H2,1-3H3,(H2,15,16,17,18). The van der Waals surface area contributed by atoms with Crippen molar-refractivity contribution < 1.29 is 0 Å². The fraction of sp³-hybridized carbons (Fsp3) is 0.692. The summed E-state index contributed by atoms with van der Waals surface area (Å²) in [5.74, 6) is 8.84. The average molecular weight is 249 g/mol. The van der Waals surface area contributed by atoms with Gasteiger partial charge in [-0.2, -0.15) is 0 Å². The van der Waals surface area contributed by atoms with Crippen molar-refractivity contribution in [1.82, 2.24) is 9.97 Å².